The highest BCUT2D eigenvalue weighted by Gasteiger charge is 2.35. The standard InChI is InChI=1S/C22H22F3N3O3S2/c1-33(30,31)16-7-5-6-15(12-16)18-8-9-19(32-18)17-13-20(22(23,24)25)26-28(17)14-21(29)27-10-3-2-4-11-27/h5-9,12-13H,2-4,10-11,14H2,1H3. The maximum Gasteiger partial charge on any atom is 0.435 e. The third kappa shape index (κ3) is 5.30. The fraction of sp³-hybridized carbons (Fsp3) is 0.364. The normalized spacial score (nSPS) is 15.1. The van der Waals surface area contributed by atoms with Crippen molar-refractivity contribution in [3.05, 3.63) is 48.2 Å². The summed E-state index contributed by atoms with van der Waals surface area (Å²) in [5.74, 6) is -0.259. The topological polar surface area (TPSA) is 72.3 Å². The number of nitrogens with zero attached hydrogens (tertiary/aromatic N) is 3. The number of piperidine rings is 1. The zero-order valence-corrected chi connectivity index (χ0v) is 19.4. The van der Waals surface area contributed by atoms with Gasteiger partial charge in [-0.3, -0.25) is 9.48 Å². The molecule has 1 saturated heterocycles. The summed E-state index contributed by atoms with van der Waals surface area (Å²) in [6.07, 6.45) is -0.729. The Morgan fingerprint density at radius 1 is 1.06 bits per heavy atom. The Labute approximate surface area is 193 Å². The highest BCUT2D eigenvalue weighted by atomic mass is 32.2. The zero-order valence-electron chi connectivity index (χ0n) is 17.8. The first-order valence-corrected chi connectivity index (χ1v) is 13.1. The molecule has 0 atom stereocenters. The summed E-state index contributed by atoms with van der Waals surface area (Å²) in [5, 5.41) is 3.69. The van der Waals surface area contributed by atoms with Crippen LogP contribution in [0.15, 0.2) is 47.4 Å². The van der Waals surface area contributed by atoms with Crippen LogP contribution in [0.2, 0.25) is 0 Å². The summed E-state index contributed by atoms with van der Waals surface area (Å²) < 4.78 is 65.0. The lowest BCUT2D eigenvalue weighted by Gasteiger charge is -2.26. The van der Waals surface area contributed by atoms with Crippen LogP contribution in [0.5, 0.6) is 0 Å². The smallest absolute Gasteiger partial charge is 0.341 e. The third-order valence-corrected chi connectivity index (χ3v) is 7.74. The Bertz CT molecular complexity index is 1270. The molecule has 1 aliphatic heterocycles. The Kier molecular flexibility index (Phi) is 6.37. The molecule has 1 aliphatic rings. The summed E-state index contributed by atoms with van der Waals surface area (Å²) in [6, 6.07) is 10.7. The number of carbonyl (C=O) groups is 1. The molecule has 4 rings (SSSR count). The summed E-state index contributed by atoms with van der Waals surface area (Å²) >= 11 is 1.21. The summed E-state index contributed by atoms with van der Waals surface area (Å²) in [7, 11) is -3.40. The van der Waals surface area contributed by atoms with Gasteiger partial charge in [-0.15, -0.1) is 11.3 Å². The lowest BCUT2D eigenvalue weighted by molar-refractivity contribution is -0.142. The number of hydrogen-bond acceptors (Lipinski definition) is 5. The Hall–Kier alpha value is -2.66. The molecule has 176 valence electrons. The lowest BCUT2D eigenvalue weighted by Crippen LogP contribution is -2.38. The molecule has 0 radical (unpaired) electrons. The first-order chi connectivity index (χ1) is 15.5. The summed E-state index contributed by atoms with van der Waals surface area (Å²) in [6.45, 7) is 0.922. The fourth-order valence-electron chi connectivity index (χ4n) is 3.76. The van der Waals surface area contributed by atoms with Crippen molar-refractivity contribution in [3.63, 3.8) is 0 Å². The summed E-state index contributed by atoms with van der Waals surface area (Å²) in [5.41, 5.74) is -0.221. The second kappa shape index (κ2) is 8.94. The number of sulfone groups is 1. The van der Waals surface area contributed by atoms with E-state index in [0.29, 0.717) is 28.4 Å². The fourth-order valence-corrected chi connectivity index (χ4v) is 5.45. The minimum Gasteiger partial charge on any atom is -0.341 e. The molecule has 33 heavy (non-hydrogen) atoms. The molecular formula is C22H22F3N3O3S2. The van der Waals surface area contributed by atoms with E-state index < -0.39 is 21.7 Å². The lowest BCUT2D eigenvalue weighted by atomic mass is 10.1. The molecule has 2 aromatic heterocycles. The predicted octanol–water partition coefficient (Wildman–Crippen LogP) is 4.71. The number of carbonyl (C=O) groups excluding carboxylic acids is 1. The molecule has 0 bridgehead atoms. The molecule has 0 spiro atoms. The third-order valence-electron chi connectivity index (χ3n) is 5.47. The van der Waals surface area contributed by atoms with Crippen LogP contribution >= 0.6 is 11.3 Å². The number of likely N-dealkylation sites (tertiary alicyclic amines) is 1. The van der Waals surface area contributed by atoms with Crippen LogP contribution in [-0.4, -0.2) is 48.4 Å². The van der Waals surface area contributed by atoms with Gasteiger partial charge < -0.3 is 4.90 Å². The highest BCUT2D eigenvalue weighted by Crippen LogP contribution is 2.38. The minimum atomic E-state index is -4.64. The van der Waals surface area contributed by atoms with E-state index in [-0.39, 0.29) is 23.0 Å². The van der Waals surface area contributed by atoms with Crippen molar-refractivity contribution >= 4 is 27.1 Å². The van der Waals surface area contributed by atoms with Gasteiger partial charge in [0, 0.05) is 24.2 Å². The molecule has 0 saturated carbocycles. The number of halogens is 3. The number of hydrogen-bond donors (Lipinski definition) is 0. The van der Waals surface area contributed by atoms with Gasteiger partial charge in [0.1, 0.15) is 6.54 Å². The van der Waals surface area contributed by atoms with Gasteiger partial charge in [0.25, 0.3) is 0 Å². The van der Waals surface area contributed by atoms with Crippen molar-refractivity contribution in [3.8, 4) is 21.0 Å². The maximum absolute atomic E-state index is 13.4. The van der Waals surface area contributed by atoms with Crippen LogP contribution < -0.4 is 0 Å². The molecule has 0 unspecified atom stereocenters. The first-order valence-electron chi connectivity index (χ1n) is 10.4. The largest absolute Gasteiger partial charge is 0.435 e. The van der Waals surface area contributed by atoms with Gasteiger partial charge in [0.15, 0.2) is 15.5 Å². The maximum atomic E-state index is 13.4. The average molecular weight is 498 g/mol. The number of benzene rings is 1. The van der Waals surface area contributed by atoms with Crippen molar-refractivity contribution < 1.29 is 26.4 Å². The van der Waals surface area contributed by atoms with E-state index in [0.717, 1.165) is 36.3 Å². The summed E-state index contributed by atoms with van der Waals surface area (Å²) in [4.78, 5) is 15.7. The van der Waals surface area contributed by atoms with Gasteiger partial charge in [0.2, 0.25) is 5.91 Å². The number of aromatic nitrogens is 2. The van der Waals surface area contributed by atoms with Gasteiger partial charge in [-0.05, 0) is 55.2 Å². The average Bonchev–Trinajstić information content (AvgIpc) is 3.41. The molecule has 3 heterocycles. The van der Waals surface area contributed by atoms with E-state index in [1.54, 1.807) is 29.2 Å². The number of rotatable bonds is 5. The second-order valence-electron chi connectivity index (χ2n) is 7.98. The van der Waals surface area contributed by atoms with Gasteiger partial charge in [-0.1, -0.05) is 12.1 Å². The molecule has 6 nitrogen and oxygen atoms in total. The Balaban J connectivity index is 1.68. The molecule has 11 heteroatoms. The van der Waals surface area contributed by atoms with E-state index >= 15 is 0 Å². The predicted molar refractivity (Wildman–Crippen MR) is 120 cm³/mol. The van der Waals surface area contributed by atoms with Crippen LogP contribution in [0.25, 0.3) is 21.0 Å². The number of thiophene rings is 1. The first kappa shape index (κ1) is 23.5. The molecule has 1 amide bonds. The number of amides is 1. The quantitative estimate of drug-likeness (QED) is 0.512. The van der Waals surface area contributed by atoms with Crippen molar-refractivity contribution in [2.24, 2.45) is 0 Å². The Morgan fingerprint density at radius 2 is 1.76 bits per heavy atom. The highest BCUT2D eigenvalue weighted by molar-refractivity contribution is 7.90. The van der Waals surface area contributed by atoms with E-state index in [1.165, 1.54) is 23.5 Å². The van der Waals surface area contributed by atoms with Crippen LogP contribution in [-0.2, 0) is 27.4 Å². The van der Waals surface area contributed by atoms with E-state index in [1.807, 2.05) is 0 Å². The van der Waals surface area contributed by atoms with Crippen molar-refractivity contribution in [2.45, 2.75) is 36.9 Å². The van der Waals surface area contributed by atoms with Crippen LogP contribution in [0.3, 0.4) is 0 Å². The Morgan fingerprint density at radius 3 is 2.42 bits per heavy atom. The van der Waals surface area contributed by atoms with E-state index in [4.69, 9.17) is 0 Å². The van der Waals surface area contributed by atoms with Gasteiger partial charge in [-0.25, -0.2) is 8.42 Å². The van der Waals surface area contributed by atoms with Crippen LogP contribution in [0, 0.1) is 0 Å². The molecule has 1 fully saturated rings. The van der Waals surface area contributed by atoms with Gasteiger partial charge >= 0.3 is 6.18 Å². The van der Waals surface area contributed by atoms with E-state index in [2.05, 4.69) is 5.10 Å². The van der Waals surface area contributed by atoms with Crippen molar-refractivity contribution in [1.29, 1.82) is 0 Å². The van der Waals surface area contributed by atoms with Gasteiger partial charge in [-0.2, -0.15) is 18.3 Å². The number of alkyl halides is 3. The van der Waals surface area contributed by atoms with Crippen molar-refractivity contribution in [2.75, 3.05) is 19.3 Å². The second-order valence-corrected chi connectivity index (χ2v) is 11.1. The molecular weight excluding hydrogens is 475 g/mol. The van der Waals surface area contributed by atoms with Crippen LogP contribution in [0.1, 0.15) is 25.0 Å². The molecule has 3 aromatic rings. The van der Waals surface area contributed by atoms with Crippen LogP contribution in [0.4, 0.5) is 13.2 Å². The zero-order chi connectivity index (χ0) is 23.8. The van der Waals surface area contributed by atoms with Gasteiger partial charge in [0.05, 0.1) is 15.5 Å². The SMILES string of the molecule is CS(=O)(=O)c1cccc(-c2ccc(-c3cc(C(F)(F)F)nn3CC(=O)N3CCCCC3)s2)c1. The monoisotopic (exact) mass is 497 g/mol. The molecule has 0 aliphatic carbocycles. The molecule has 1 aromatic carbocycles. The minimum absolute atomic E-state index is 0.159. The van der Waals surface area contributed by atoms with Crippen molar-refractivity contribution in [1.82, 2.24) is 14.7 Å². The van der Waals surface area contributed by atoms with E-state index in [9.17, 15) is 26.4 Å². The molecule has 0 N–H and O–H groups in total.